The van der Waals surface area contributed by atoms with Crippen molar-refractivity contribution in [3.63, 3.8) is 0 Å². The molecular weight excluding hydrogens is 348 g/mol. The molecule has 0 saturated carbocycles. The van der Waals surface area contributed by atoms with Gasteiger partial charge in [0.2, 0.25) is 5.95 Å². The van der Waals surface area contributed by atoms with E-state index in [0.717, 1.165) is 22.5 Å². The Morgan fingerprint density at radius 3 is 2.21 bits per heavy atom. The topological polar surface area (TPSA) is 66.9 Å². The third kappa shape index (κ3) is 4.36. The van der Waals surface area contributed by atoms with Gasteiger partial charge in [-0.2, -0.15) is 0 Å². The minimum Gasteiger partial charge on any atom is -0.324 e. The molecule has 0 aliphatic rings. The highest BCUT2D eigenvalue weighted by atomic mass is 16.1. The van der Waals surface area contributed by atoms with Crippen molar-refractivity contribution in [1.82, 2.24) is 9.97 Å². The van der Waals surface area contributed by atoms with E-state index in [1.54, 1.807) is 0 Å². The summed E-state index contributed by atoms with van der Waals surface area (Å²) in [7, 11) is 0. The fourth-order valence-corrected chi connectivity index (χ4v) is 2.96. The first-order chi connectivity index (χ1) is 13.3. The number of benzene rings is 2. The van der Waals surface area contributed by atoms with Crippen LogP contribution >= 0.6 is 0 Å². The largest absolute Gasteiger partial charge is 0.324 e. The summed E-state index contributed by atoms with van der Waals surface area (Å²) in [6, 6.07) is 13.9. The molecular formula is C23H26N4O. The summed E-state index contributed by atoms with van der Waals surface area (Å²) in [6.45, 7) is 10.5. The maximum atomic E-state index is 12.7. The molecule has 144 valence electrons. The number of anilines is 3. The zero-order valence-electron chi connectivity index (χ0n) is 17.0. The summed E-state index contributed by atoms with van der Waals surface area (Å²) in [4.78, 5) is 21.2. The van der Waals surface area contributed by atoms with Gasteiger partial charge in [-0.25, -0.2) is 9.97 Å². The van der Waals surface area contributed by atoms with Gasteiger partial charge in [0.15, 0.2) is 0 Å². The first kappa shape index (κ1) is 19.5. The Hall–Kier alpha value is -3.21. The first-order valence-corrected chi connectivity index (χ1v) is 9.32. The molecule has 0 unspecified atom stereocenters. The normalized spacial score (nSPS) is 11.2. The highest BCUT2D eigenvalue weighted by Gasteiger charge is 2.19. The molecule has 3 rings (SSSR count). The van der Waals surface area contributed by atoms with Crippen LogP contribution in [0.3, 0.4) is 0 Å². The molecule has 2 aromatic carbocycles. The van der Waals surface area contributed by atoms with E-state index in [-0.39, 0.29) is 11.3 Å². The number of nitrogens with one attached hydrogen (secondary N) is 2. The van der Waals surface area contributed by atoms with Crippen LogP contribution in [0.1, 0.15) is 47.8 Å². The lowest BCUT2D eigenvalue weighted by Crippen LogP contribution is -2.19. The molecule has 0 bridgehead atoms. The second kappa shape index (κ2) is 7.80. The van der Waals surface area contributed by atoms with Crippen molar-refractivity contribution in [2.75, 3.05) is 10.6 Å². The van der Waals surface area contributed by atoms with E-state index in [1.807, 2.05) is 43.3 Å². The van der Waals surface area contributed by atoms with Crippen LogP contribution in [0.25, 0.3) is 0 Å². The number of para-hydroxylation sites is 1. The van der Waals surface area contributed by atoms with E-state index >= 15 is 0 Å². The number of hydrogen-bond donors (Lipinski definition) is 2. The predicted molar refractivity (Wildman–Crippen MR) is 114 cm³/mol. The number of rotatable bonds is 4. The monoisotopic (exact) mass is 374 g/mol. The average Bonchev–Trinajstić information content (AvgIpc) is 2.65. The maximum absolute atomic E-state index is 12.7. The van der Waals surface area contributed by atoms with E-state index < -0.39 is 0 Å². The summed E-state index contributed by atoms with van der Waals surface area (Å²) < 4.78 is 0. The summed E-state index contributed by atoms with van der Waals surface area (Å²) in [6.07, 6.45) is 3.07. The van der Waals surface area contributed by atoms with Gasteiger partial charge in [0.25, 0.3) is 5.91 Å². The van der Waals surface area contributed by atoms with Crippen LogP contribution in [-0.4, -0.2) is 15.9 Å². The highest BCUT2D eigenvalue weighted by Crippen LogP contribution is 2.29. The Morgan fingerprint density at radius 2 is 1.54 bits per heavy atom. The van der Waals surface area contributed by atoms with Gasteiger partial charge in [0.1, 0.15) is 0 Å². The minimum absolute atomic E-state index is 0.0696. The Morgan fingerprint density at radius 1 is 0.893 bits per heavy atom. The smallest absolute Gasteiger partial charge is 0.258 e. The van der Waals surface area contributed by atoms with E-state index in [1.165, 1.54) is 18.0 Å². The molecule has 28 heavy (non-hydrogen) atoms. The molecule has 1 heterocycles. The van der Waals surface area contributed by atoms with Crippen molar-refractivity contribution >= 4 is 23.2 Å². The number of aryl methyl sites for hydroxylation is 1. The van der Waals surface area contributed by atoms with Crippen molar-refractivity contribution in [1.29, 1.82) is 0 Å². The molecule has 0 spiro atoms. The lowest BCUT2D eigenvalue weighted by atomic mass is 9.86. The van der Waals surface area contributed by atoms with Crippen LogP contribution in [0.4, 0.5) is 17.3 Å². The number of carbonyl (C=O) groups is 1. The molecule has 0 fully saturated rings. The second-order valence-electron chi connectivity index (χ2n) is 7.92. The average molecular weight is 374 g/mol. The molecule has 3 aromatic rings. The molecule has 0 atom stereocenters. The Labute approximate surface area is 166 Å². The first-order valence-electron chi connectivity index (χ1n) is 9.32. The third-order valence-electron chi connectivity index (χ3n) is 4.75. The summed E-state index contributed by atoms with van der Waals surface area (Å²) in [5.41, 5.74) is 5.52. The van der Waals surface area contributed by atoms with Gasteiger partial charge in [-0.1, -0.05) is 51.1 Å². The SMILES string of the molecule is Cc1cccc(Nc2ncc(C(=O)Nc3ccccc3C(C)(C)C)cn2)c1C. The number of amides is 1. The molecule has 1 aromatic heterocycles. The van der Waals surface area contributed by atoms with Crippen molar-refractivity contribution in [2.45, 2.75) is 40.0 Å². The molecule has 0 radical (unpaired) electrons. The second-order valence-corrected chi connectivity index (χ2v) is 7.92. The molecule has 0 saturated heterocycles. The number of hydrogen-bond acceptors (Lipinski definition) is 4. The van der Waals surface area contributed by atoms with E-state index in [4.69, 9.17) is 0 Å². The van der Waals surface area contributed by atoms with Gasteiger partial charge in [-0.15, -0.1) is 0 Å². The standard InChI is InChI=1S/C23H26N4O/c1-15-9-8-12-19(16(15)2)27-22-24-13-17(14-25-22)21(28)26-20-11-7-6-10-18(20)23(3,4)5/h6-14H,1-5H3,(H,26,28)(H,24,25,27). The maximum Gasteiger partial charge on any atom is 0.258 e. The van der Waals surface area contributed by atoms with Gasteiger partial charge in [0, 0.05) is 23.8 Å². The van der Waals surface area contributed by atoms with Gasteiger partial charge >= 0.3 is 0 Å². The minimum atomic E-state index is -0.227. The van der Waals surface area contributed by atoms with Gasteiger partial charge < -0.3 is 10.6 Å². The van der Waals surface area contributed by atoms with E-state index in [0.29, 0.717) is 11.5 Å². The fourth-order valence-electron chi connectivity index (χ4n) is 2.96. The van der Waals surface area contributed by atoms with Crippen LogP contribution in [-0.2, 0) is 5.41 Å². The van der Waals surface area contributed by atoms with Crippen molar-refractivity contribution in [3.05, 3.63) is 77.1 Å². The van der Waals surface area contributed by atoms with Crippen molar-refractivity contribution in [2.24, 2.45) is 0 Å². The lowest BCUT2D eigenvalue weighted by Gasteiger charge is -2.23. The molecule has 2 N–H and O–H groups in total. The quantitative estimate of drug-likeness (QED) is 0.643. The van der Waals surface area contributed by atoms with Gasteiger partial charge in [0.05, 0.1) is 5.56 Å². The molecule has 5 heteroatoms. The Kier molecular flexibility index (Phi) is 5.45. The van der Waals surface area contributed by atoms with Crippen molar-refractivity contribution in [3.8, 4) is 0 Å². The van der Waals surface area contributed by atoms with Crippen LogP contribution in [0, 0.1) is 13.8 Å². The number of carbonyl (C=O) groups excluding carboxylic acids is 1. The molecule has 0 aliphatic heterocycles. The van der Waals surface area contributed by atoms with E-state index in [2.05, 4.69) is 54.4 Å². The van der Waals surface area contributed by atoms with Crippen LogP contribution in [0.15, 0.2) is 54.9 Å². The highest BCUT2D eigenvalue weighted by molar-refractivity contribution is 6.04. The number of nitrogens with zero attached hydrogens (tertiary/aromatic N) is 2. The zero-order chi connectivity index (χ0) is 20.3. The van der Waals surface area contributed by atoms with Gasteiger partial charge in [-0.3, -0.25) is 4.79 Å². The molecule has 5 nitrogen and oxygen atoms in total. The summed E-state index contributed by atoms with van der Waals surface area (Å²) in [5, 5.41) is 6.18. The summed E-state index contributed by atoms with van der Waals surface area (Å²) in [5.74, 6) is 0.232. The zero-order valence-corrected chi connectivity index (χ0v) is 17.0. The van der Waals surface area contributed by atoms with Gasteiger partial charge in [-0.05, 0) is 48.1 Å². The third-order valence-corrected chi connectivity index (χ3v) is 4.75. The Bertz CT molecular complexity index is 988. The predicted octanol–water partition coefficient (Wildman–Crippen LogP) is 5.39. The summed E-state index contributed by atoms with van der Waals surface area (Å²) >= 11 is 0. The fraction of sp³-hybridized carbons (Fsp3) is 0.261. The van der Waals surface area contributed by atoms with Crippen molar-refractivity contribution < 1.29 is 4.79 Å². The lowest BCUT2D eigenvalue weighted by molar-refractivity contribution is 0.102. The molecule has 1 amide bonds. The van der Waals surface area contributed by atoms with E-state index in [9.17, 15) is 4.79 Å². The number of aromatic nitrogens is 2. The Balaban J connectivity index is 1.75. The van der Waals surface area contributed by atoms with Crippen LogP contribution in [0.5, 0.6) is 0 Å². The van der Waals surface area contributed by atoms with Crippen LogP contribution < -0.4 is 10.6 Å². The van der Waals surface area contributed by atoms with Crippen LogP contribution in [0.2, 0.25) is 0 Å². The molecule has 0 aliphatic carbocycles.